The molecule has 6 nitrogen and oxygen atoms in total. The van der Waals surface area contributed by atoms with E-state index in [2.05, 4.69) is 10.3 Å². The molecule has 0 aliphatic rings. The molecular weight excluding hydrogens is 328 g/mol. The lowest BCUT2D eigenvalue weighted by molar-refractivity contribution is -0.121. The van der Waals surface area contributed by atoms with Crippen molar-refractivity contribution in [2.75, 3.05) is 5.73 Å². The van der Waals surface area contributed by atoms with Gasteiger partial charge in [-0.2, -0.15) is 0 Å². The number of pyridine rings is 1. The molecule has 0 aliphatic carbocycles. The Labute approximate surface area is 151 Å². The minimum absolute atomic E-state index is 0.106. The lowest BCUT2D eigenvalue weighted by atomic mass is 9.95. The fraction of sp³-hybridized carbons (Fsp3) is 0.150. The Kier molecular flexibility index (Phi) is 5.12. The minimum Gasteiger partial charge on any atom is -0.384 e. The number of nitrogens with zero attached hydrogens (tertiary/aromatic N) is 1. The maximum atomic E-state index is 12.2. The van der Waals surface area contributed by atoms with E-state index >= 15 is 0 Å². The molecular formula is C20H20N4O2. The lowest BCUT2D eigenvalue weighted by Crippen LogP contribution is -2.23. The Balaban J connectivity index is 1.70. The van der Waals surface area contributed by atoms with E-state index in [-0.39, 0.29) is 12.3 Å². The SMILES string of the molecule is NC(=O)c1ccc2ccccc2c1CCC(=O)NCc1ccc(N)nc1. The number of hydrogen-bond acceptors (Lipinski definition) is 4. The summed E-state index contributed by atoms with van der Waals surface area (Å²) >= 11 is 0. The van der Waals surface area contributed by atoms with Gasteiger partial charge in [-0.3, -0.25) is 9.59 Å². The monoisotopic (exact) mass is 348 g/mol. The van der Waals surface area contributed by atoms with Crippen molar-refractivity contribution in [2.45, 2.75) is 19.4 Å². The van der Waals surface area contributed by atoms with Crippen molar-refractivity contribution in [1.82, 2.24) is 10.3 Å². The first-order chi connectivity index (χ1) is 12.5. The molecule has 0 bridgehead atoms. The quantitative estimate of drug-likeness (QED) is 0.634. The minimum atomic E-state index is -0.487. The fourth-order valence-corrected chi connectivity index (χ4v) is 2.90. The van der Waals surface area contributed by atoms with E-state index in [1.807, 2.05) is 36.4 Å². The van der Waals surface area contributed by atoms with Crippen LogP contribution < -0.4 is 16.8 Å². The van der Waals surface area contributed by atoms with Gasteiger partial charge in [-0.15, -0.1) is 0 Å². The molecule has 1 aromatic heterocycles. The smallest absolute Gasteiger partial charge is 0.248 e. The second kappa shape index (κ2) is 7.65. The number of rotatable bonds is 6. The molecule has 1 heterocycles. The van der Waals surface area contributed by atoms with Crippen LogP contribution in [0, 0.1) is 0 Å². The molecule has 0 unspecified atom stereocenters. The number of anilines is 1. The first-order valence-electron chi connectivity index (χ1n) is 8.32. The van der Waals surface area contributed by atoms with Crippen LogP contribution in [0.25, 0.3) is 10.8 Å². The van der Waals surface area contributed by atoms with Crippen molar-refractivity contribution in [3.05, 3.63) is 71.4 Å². The average Bonchev–Trinajstić information content (AvgIpc) is 2.65. The number of hydrogen-bond donors (Lipinski definition) is 3. The number of carbonyl (C=O) groups excluding carboxylic acids is 2. The number of nitrogens with one attached hydrogen (secondary N) is 1. The van der Waals surface area contributed by atoms with Crippen molar-refractivity contribution in [3.8, 4) is 0 Å². The molecule has 0 radical (unpaired) electrons. The molecule has 0 fully saturated rings. The number of nitrogen functional groups attached to an aromatic ring is 1. The molecule has 2 amide bonds. The van der Waals surface area contributed by atoms with E-state index in [4.69, 9.17) is 11.5 Å². The number of fused-ring (bicyclic) bond motifs is 1. The molecule has 132 valence electrons. The number of primary amides is 1. The van der Waals surface area contributed by atoms with Gasteiger partial charge in [0.05, 0.1) is 0 Å². The van der Waals surface area contributed by atoms with Gasteiger partial charge in [-0.25, -0.2) is 4.98 Å². The number of nitrogens with two attached hydrogens (primary N) is 2. The van der Waals surface area contributed by atoms with Crippen LogP contribution in [-0.4, -0.2) is 16.8 Å². The van der Waals surface area contributed by atoms with Crippen molar-refractivity contribution >= 4 is 28.4 Å². The zero-order chi connectivity index (χ0) is 18.5. The Morgan fingerprint density at radius 2 is 1.85 bits per heavy atom. The van der Waals surface area contributed by atoms with Gasteiger partial charge in [0.1, 0.15) is 5.82 Å². The molecule has 26 heavy (non-hydrogen) atoms. The lowest BCUT2D eigenvalue weighted by Gasteiger charge is -2.11. The summed E-state index contributed by atoms with van der Waals surface area (Å²) in [6.07, 6.45) is 2.33. The Hall–Kier alpha value is -3.41. The summed E-state index contributed by atoms with van der Waals surface area (Å²) < 4.78 is 0. The highest BCUT2D eigenvalue weighted by molar-refractivity contribution is 6.00. The van der Waals surface area contributed by atoms with Crippen LogP contribution in [-0.2, 0) is 17.8 Å². The number of aromatic nitrogens is 1. The van der Waals surface area contributed by atoms with E-state index < -0.39 is 5.91 Å². The van der Waals surface area contributed by atoms with Gasteiger partial charge in [0.15, 0.2) is 0 Å². The maximum absolute atomic E-state index is 12.2. The predicted molar refractivity (Wildman–Crippen MR) is 101 cm³/mol. The van der Waals surface area contributed by atoms with Crippen LogP contribution in [0.4, 0.5) is 5.82 Å². The Bertz CT molecular complexity index is 952. The number of amides is 2. The second-order valence-corrected chi connectivity index (χ2v) is 6.05. The van der Waals surface area contributed by atoms with Crippen LogP contribution in [0.15, 0.2) is 54.7 Å². The highest BCUT2D eigenvalue weighted by atomic mass is 16.1. The largest absolute Gasteiger partial charge is 0.384 e. The van der Waals surface area contributed by atoms with Gasteiger partial charge in [-0.05, 0) is 40.5 Å². The first kappa shape index (κ1) is 17.4. The second-order valence-electron chi connectivity index (χ2n) is 6.05. The van der Waals surface area contributed by atoms with E-state index in [1.54, 1.807) is 18.3 Å². The molecule has 0 saturated heterocycles. The van der Waals surface area contributed by atoms with Crippen LogP contribution in [0.2, 0.25) is 0 Å². The molecule has 0 atom stereocenters. The highest BCUT2D eigenvalue weighted by Crippen LogP contribution is 2.23. The van der Waals surface area contributed by atoms with E-state index in [1.165, 1.54) is 0 Å². The fourth-order valence-electron chi connectivity index (χ4n) is 2.90. The van der Waals surface area contributed by atoms with Crippen LogP contribution in [0.5, 0.6) is 0 Å². The topological polar surface area (TPSA) is 111 Å². The van der Waals surface area contributed by atoms with E-state index in [9.17, 15) is 9.59 Å². The molecule has 3 rings (SSSR count). The number of carbonyl (C=O) groups is 2. The van der Waals surface area contributed by atoms with E-state index in [0.29, 0.717) is 24.3 Å². The summed E-state index contributed by atoms with van der Waals surface area (Å²) in [4.78, 5) is 27.9. The van der Waals surface area contributed by atoms with Gasteiger partial charge < -0.3 is 16.8 Å². The van der Waals surface area contributed by atoms with Gasteiger partial charge in [0.2, 0.25) is 11.8 Å². The van der Waals surface area contributed by atoms with Crippen molar-refractivity contribution in [3.63, 3.8) is 0 Å². The molecule has 3 aromatic rings. The first-order valence-corrected chi connectivity index (χ1v) is 8.32. The highest BCUT2D eigenvalue weighted by Gasteiger charge is 2.13. The maximum Gasteiger partial charge on any atom is 0.248 e. The summed E-state index contributed by atoms with van der Waals surface area (Å²) in [5.74, 6) is -0.153. The Morgan fingerprint density at radius 1 is 1.04 bits per heavy atom. The molecule has 5 N–H and O–H groups in total. The number of benzene rings is 2. The standard InChI is InChI=1S/C20H20N4O2/c21-18-9-5-13(11-23-18)12-24-19(25)10-8-16-15-4-2-1-3-14(15)6-7-17(16)20(22)26/h1-7,9,11H,8,10,12H2,(H2,21,23)(H2,22,26)(H,24,25). The van der Waals surface area contributed by atoms with Crippen molar-refractivity contribution in [2.24, 2.45) is 5.73 Å². The average molecular weight is 348 g/mol. The molecule has 0 aliphatic heterocycles. The zero-order valence-electron chi connectivity index (χ0n) is 14.2. The number of aryl methyl sites for hydroxylation is 1. The summed E-state index contributed by atoms with van der Waals surface area (Å²) in [5, 5.41) is 4.81. The van der Waals surface area contributed by atoms with E-state index in [0.717, 1.165) is 21.9 Å². The molecule has 0 spiro atoms. The van der Waals surface area contributed by atoms with Gasteiger partial charge in [-0.1, -0.05) is 36.4 Å². The van der Waals surface area contributed by atoms with Crippen LogP contribution >= 0.6 is 0 Å². The van der Waals surface area contributed by atoms with Gasteiger partial charge >= 0.3 is 0 Å². The summed E-state index contributed by atoms with van der Waals surface area (Å²) in [5.41, 5.74) is 13.2. The van der Waals surface area contributed by atoms with Gasteiger partial charge in [0, 0.05) is 24.7 Å². The third-order valence-corrected chi connectivity index (χ3v) is 4.25. The van der Waals surface area contributed by atoms with Crippen molar-refractivity contribution in [1.29, 1.82) is 0 Å². The van der Waals surface area contributed by atoms with Crippen LogP contribution in [0.3, 0.4) is 0 Å². The third kappa shape index (κ3) is 3.97. The van der Waals surface area contributed by atoms with Crippen molar-refractivity contribution < 1.29 is 9.59 Å². The van der Waals surface area contributed by atoms with Gasteiger partial charge in [0.25, 0.3) is 0 Å². The third-order valence-electron chi connectivity index (χ3n) is 4.25. The Morgan fingerprint density at radius 3 is 2.58 bits per heavy atom. The summed E-state index contributed by atoms with van der Waals surface area (Å²) in [6, 6.07) is 14.8. The molecule has 6 heteroatoms. The molecule has 2 aromatic carbocycles. The zero-order valence-corrected chi connectivity index (χ0v) is 14.2. The summed E-state index contributed by atoms with van der Waals surface area (Å²) in [7, 11) is 0. The van der Waals surface area contributed by atoms with Crippen LogP contribution in [0.1, 0.15) is 27.9 Å². The molecule has 0 saturated carbocycles. The predicted octanol–water partition coefficient (Wildman–Crippen LogP) is 2.16. The normalized spacial score (nSPS) is 10.6. The summed E-state index contributed by atoms with van der Waals surface area (Å²) in [6.45, 7) is 0.379.